The highest BCUT2D eigenvalue weighted by molar-refractivity contribution is 6.31. The molecule has 0 aromatic heterocycles. The Hall–Kier alpha value is -2.66. The maximum absolute atomic E-state index is 11.7. The molecular formula is C15H12ClNO4. The van der Waals surface area contributed by atoms with Crippen molar-refractivity contribution in [3.8, 4) is 17.2 Å². The van der Waals surface area contributed by atoms with Crippen molar-refractivity contribution in [2.75, 3.05) is 5.32 Å². The summed E-state index contributed by atoms with van der Waals surface area (Å²) in [6, 6.07) is 8.47. The van der Waals surface area contributed by atoms with Gasteiger partial charge in [-0.05, 0) is 42.0 Å². The summed E-state index contributed by atoms with van der Waals surface area (Å²) >= 11 is 5.77. The summed E-state index contributed by atoms with van der Waals surface area (Å²) < 4.78 is 0. The molecule has 0 aliphatic carbocycles. The number of hydrogen-bond acceptors (Lipinski definition) is 4. The number of rotatable bonds is 3. The highest BCUT2D eigenvalue weighted by Crippen LogP contribution is 2.27. The zero-order valence-electron chi connectivity index (χ0n) is 10.7. The van der Waals surface area contributed by atoms with Gasteiger partial charge in [-0.15, -0.1) is 0 Å². The first kappa shape index (κ1) is 14.7. The summed E-state index contributed by atoms with van der Waals surface area (Å²) in [6.45, 7) is 0. The van der Waals surface area contributed by atoms with Crippen molar-refractivity contribution < 1.29 is 20.1 Å². The number of halogens is 1. The molecule has 2 aromatic rings. The molecule has 2 aromatic carbocycles. The molecular weight excluding hydrogens is 294 g/mol. The number of aromatic hydroxyl groups is 3. The van der Waals surface area contributed by atoms with Gasteiger partial charge in [-0.2, -0.15) is 0 Å². The summed E-state index contributed by atoms with van der Waals surface area (Å²) in [5.74, 6) is -1.07. The molecule has 0 heterocycles. The monoisotopic (exact) mass is 305 g/mol. The molecule has 0 fully saturated rings. The number of benzene rings is 2. The van der Waals surface area contributed by atoms with Crippen molar-refractivity contribution in [3.63, 3.8) is 0 Å². The first-order chi connectivity index (χ1) is 9.95. The van der Waals surface area contributed by atoms with Crippen molar-refractivity contribution in [2.45, 2.75) is 0 Å². The number of phenols is 3. The summed E-state index contributed by atoms with van der Waals surface area (Å²) in [5.41, 5.74) is 0.737. The van der Waals surface area contributed by atoms with Crippen molar-refractivity contribution >= 4 is 29.3 Å². The third-order valence-corrected chi connectivity index (χ3v) is 2.88. The summed E-state index contributed by atoms with van der Waals surface area (Å²) in [5, 5.41) is 31.0. The van der Waals surface area contributed by atoms with Crippen molar-refractivity contribution in [1.82, 2.24) is 0 Å². The number of amides is 1. The van der Waals surface area contributed by atoms with Crippen molar-refractivity contribution in [1.29, 1.82) is 0 Å². The largest absolute Gasteiger partial charge is 0.506 e. The predicted octanol–water partition coefficient (Wildman–Crippen LogP) is 3.11. The van der Waals surface area contributed by atoms with E-state index >= 15 is 0 Å². The average Bonchev–Trinajstić information content (AvgIpc) is 2.44. The lowest BCUT2D eigenvalue weighted by Crippen LogP contribution is -2.07. The normalized spacial score (nSPS) is 10.7. The Balaban J connectivity index is 2.09. The van der Waals surface area contributed by atoms with Crippen LogP contribution < -0.4 is 5.32 Å². The van der Waals surface area contributed by atoms with Gasteiger partial charge in [0.25, 0.3) is 0 Å². The van der Waals surface area contributed by atoms with E-state index in [1.165, 1.54) is 48.6 Å². The van der Waals surface area contributed by atoms with Gasteiger partial charge in [0.1, 0.15) is 5.75 Å². The van der Waals surface area contributed by atoms with Crippen molar-refractivity contribution in [3.05, 3.63) is 53.1 Å². The zero-order valence-corrected chi connectivity index (χ0v) is 11.5. The van der Waals surface area contributed by atoms with Gasteiger partial charge in [-0.1, -0.05) is 17.7 Å². The molecule has 21 heavy (non-hydrogen) atoms. The van der Waals surface area contributed by atoms with Gasteiger partial charge >= 0.3 is 0 Å². The minimum atomic E-state index is -0.472. The molecule has 0 unspecified atom stereocenters. The molecule has 0 radical (unpaired) electrons. The Bertz CT molecular complexity index is 713. The lowest BCUT2D eigenvalue weighted by atomic mass is 10.2. The average molecular weight is 306 g/mol. The second-order valence-corrected chi connectivity index (χ2v) is 4.67. The Morgan fingerprint density at radius 1 is 1.00 bits per heavy atom. The van der Waals surface area contributed by atoms with E-state index in [0.29, 0.717) is 10.6 Å². The van der Waals surface area contributed by atoms with Gasteiger partial charge in [0.15, 0.2) is 11.5 Å². The lowest BCUT2D eigenvalue weighted by molar-refractivity contribution is -0.111. The van der Waals surface area contributed by atoms with Crippen LogP contribution in [0.2, 0.25) is 5.02 Å². The van der Waals surface area contributed by atoms with Gasteiger partial charge in [-0.3, -0.25) is 4.79 Å². The molecule has 108 valence electrons. The second-order valence-electron chi connectivity index (χ2n) is 4.23. The number of anilines is 1. The Morgan fingerprint density at radius 3 is 2.43 bits per heavy atom. The summed E-state index contributed by atoms with van der Waals surface area (Å²) in [6.07, 6.45) is 2.68. The van der Waals surface area contributed by atoms with Crippen LogP contribution in [0.25, 0.3) is 6.08 Å². The van der Waals surface area contributed by atoms with Crippen molar-refractivity contribution in [2.24, 2.45) is 0 Å². The van der Waals surface area contributed by atoms with Crippen LogP contribution >= 0.6 is 11.6 Å². The fourth-order valence-electron chi connectivity index (χ4n) is 1.60. The first-order valence-electron chi connectivity index (χ1n) is 5.95. The Kier molecular flexibility index (Phi) is 4.35. The summed E-state index contributed by atoms with van der Waals surface area (Å²) in [4.78, 5) is 11.7. The number of phenolic OH excluding ortho intramolecular Hbond substituents is 3. The highest BCUT2D eigenvalue weighted by Gasteiger charge is 2.05. The van der Waals surface area contributed by atoms with Crippen LogP contribution in [-0.4, -0.2) is 21.2 Å². The third kappa shape index (κ3) is 3.90. The minimum absolute atomic E-state index is 0.0940. The van der Waals surface area contributed by atoms with Gasteiger partial charge in [0.2, 0.25) is 5.91 Å². The van der Waals surface area contributed by atoms with Gasteiger partial charge in [0.05, 0.1) is 5.69 Å². The fraction of sp³-hybridized carbons (Fsp3) is 0. The fourth-order valence-corrected chi connectivity index (χ4v) is 1.77. The second kappa shape index (κ2) is 6.19. The molecule has 0 atom stereocenters. The molecule has 1 amide bonds. The smallest absolute Gasteiger partial charge is 0.248 e. The van der Waals surface area contributed by atoms with Gasteiger partial charge in [-0.25, -0.2) is 0 Å². The van der Waals surface area contributed by atoms with E-state index in [0.717, 1.165) is 0 Å². The standard InChI is InChI=1S/C15H12ClNO4/c16-10-3-5-12(18)11(8-10)17-15(21)6-2-9-1-4-13(19)14(20)7-9/h1-8,18-20H,(H,17,21)/b6-2+. The topological polar surface area (TPSA) is 89.8 Å². The molecule has 0 spiro atoms. The molecule has 6 heteroatoms. The number of nitrogens with one attached hydrogen (secondary N) is 1. The van der Waals surface area contributed by atoms with E-state index in [9.17, 15) is 20.1 Å². The molecule has 5 nitrogen and oxygen atoms in total. The van der Waals surface area contributed by atoms with Crippen LogP contribution in [0.4, 0.5) is 5.69 Å². The minimum Gasteiger partial charge on any atom is -0.506 e. The van der Waals surface area contributed by atoms with Crippen LogP contribution in [0.15, 0.2) is 42.5 Å². The van der Waals surface area contributed by atoms with Gasteiger partial charge in [0, 0.05) is 11.1 Å². The van der Waals surface area contributed by atoms with Crippen LogP contribution in [0.3, 0.4) is 0 Å². The van der Waals surface area contributed by atoms with E-state index in [-0.39, 0.29) is 22.9 Å². The maximum Gasteiger partial charge on any atom is 0.248 e. The van der Waals surface area contributed by atoms with E-state index in [4.69, 9.17) is 11.6 Å². The van der Waals surface area contributed by atoms with Crippen LogP contribution in [-0.2, 0) is 4.79 Å². The zero-order chi connectivity index (χ0) is 15.4. The highest BCUT2D eigenvalue weighted by atomic mass is 35.5. The quantitative estimate of drug-likeness (QED) is 0.518. The lowest BCUT2D eigenvalue weighted by Gasteiger charge is -2.05. The molecule has 0 saturated heterocycles. The molecule has 0 bridgehead atoms. The maximum atomic E-state index is 11.7. The molecule has 0 aliphatic rings. The SMILES string of the molecule is O=C(/C=C/c1ccc(O)c(O)c1)Nc1cc(Cl)ccc1O. The molecule has 4 N–H and O–H groups in total. The molecule has 0 saturated carbocycles. The van der Waals surface area contributed by atoms with E-state index in [1.54, 1.807) is 0 Å². The Labute approximate surface area is 125 Å². The molecule has 2 rings (SSSR count). The van der Waals surface area contributed by atoms with E-state index in [1.807, 2.05) is 0 Å². The Morgan fingerprint density at radius 2 is 1.71 bits per heavy atom. The predicted molar refractivity (Wildman–Crippen MR) is 80.6 cm³/mol. The third-order valence-electron chi connectivity index (χ3n) is 2.64. The number of carbonyl (C=O) groups excluding carboxylic acids is 1. The van der Waals surface area contributed by atoms with Crippen LogP contribution in [0.5, 0.6) is 17.2 Å². The van der Waals surface area contributed by atoms with Crippen LogP contribution in [0.1, 0.15) is 5.56 Å². The summed E-state index contributed by atoms with van der Waals surface area (Å²) in [7, 11) is 0. The van der Waals surface area contributed by atoms with E-state index in [2.05, 4.69) is 5.32 Å². The van der Waals surface area contributed by atoms with E-state index < -0.39 is 5.91 Å². The van der Waals surface area contributed by atoms with Crippen LogP contribution in [0, 0.1) is 0 Å². The first-order valence-corrected chi connectivity index (χ1v) is 6.33. The number of carbonyl (C=O) groups is 1. The van der Waals surface area contributed by atoms with Gasteiger partial charge < -0.3 is 20.6 Å². The molecule has 0 aliphatic heterocycles. The number of hydrogen-bond donors (Lipinski definition) is 4.